The Bertz CT molecular complexity index is 720. The zero-order chi connectivity index (χ0) is 18.4. The van der Waals surface area contributed by atoms with E-state index in [0.717, 1.165) is 48.7 Å². The Labute approximate surface area is 155 Å². The van der Waals surface area contributed by atoms with E-state index in [1.54, 1.807) is 21.3 Å². The quantitative estimate of drug-likeness (QED) is 0.797. The lowest BCUT2D eigenvalue weighted by Gasteiger charge is -2.34. The molecular formula is C21H28N2O3. The summed E-state index contributed by atoms with van der Waals surface area (Å²) in [5.74, 6) is 2.61. The molecule has 1 aliphatic rings. The fourth-order valence-corrected chi connectivity index (χ4v) is 3.55. The second-order valence-electron chi connectivity index (χ2n) is 6.52. The first kappa shape index (κ1) is 18.5. The SMILES string of the molecule is COc1cccc([C@@H]2NCCC[C@@H]2NCc2cc(OC)ccc2OC)c1. The molecule has 1 heterocycles. The Balaban J connectivity index is 1.75. The third kappa shape index (κ3) is 4.29. The van der Waals surface area contributed by atoms with Gasteiger partial charge in [-0.15, -0.1) is 0 Å². The lowest BCUT2D eigenvalue weighted by molar-refractivity contribution is 0.301. The van der Waals surface area contributed by atoms with Crippen molar-refractivity contribution in [2.24, 2.45) is 0 Å². The van der Waals surface area contributed by atoms with E-state index in [2.05, 4.69) is 22.8 Å². The summed E-state index contributed by atoms with van der Waals surface area (Å²) in [6.07, 6.45) is 2.29. The first-order chi connectivity index (χ1) is 12.7. The van der Waals surface area contributed by atoms with Crippen LogP contribution in [0.2, 0.25) is 0 Å². The lowest BCUT2D eigenvalue weighted by atomic mass is 9.92. The zero-order valence-electron chi connectivity index (χ0n) is 15.7. The van der Waals surface area contributed by atoms with Gasteiger partial charge < -0.3 is 24.8 Å². The molecule has 5 heteroatoms. The van der Waals surface area contributed by atoms with E-state index in [0.29, 0.717) is 6.04 Å². The summed E-state index contributed by atoms with van der Waals surface area (Å²) in [6, 6.07) is 14.8. The van der Waals surface area contributed by atoms with Crippen LogP contribution in [-0.2, 0) is 6.54 Å². The molecule has 3 rings (SSSR count). The monoisotopic (exact) mass is 356 g/mol. The highest BCUT2D eigenvalue weighted by Gasteiger charge is 2.26. The highest BCUT2D eigenvalue weighted by atomic mass is 16.5. The average molecular weight is 356 g/mol. The van der Waals surface area contributed by atoms with Crippen LogP contribution in [0.25, 0.3) is 0 Å². The summed E-state index contributed by atoms with van der Waals surface area (Å²) < 4.78 is 16.2. The molecule has 2 N–H and O–H groups in total. The fraction of sp³-hybridized carbons (Fsp3) is 0.429. The molecule has 2 aromatic carbocycles. The highest BCUT2D eigenvalue weighted by Crippen LogP contribution is 2.28. The Kier molecular flexibility index (Phi) is 6.36. The van der Waals surface area contributed by atoms with Crippen LogP contribution in [-0.4, -0.2) is 33.9 Å². The van der Waals surface area contributed by atoms with E-state index in [4.69, 9.17) is 14.2 Å². The first-order valence-electron chi connectivity index (χ1n) is 9.06. The molecule has 0 unspecified atom stereocenters. The number of nitrogens with one attached hydrogen (secondary N) is 2. The standard InChI is InChI=1S/C21H28N2O3/c1-24-17-7-4-6-15(12-17)21-19(8-5-11-22-21)23-14-16-13-18(25-2)9-10-20(16)26-3/h4,6-7,9-10,12-13,19,21-23H,5,8,11,14H2,1-3H3/t19-,21-/m0/s1. The highest BCUT2D eigenvalue weighted by molar-refractivity contribution is 5.40. The second kappa shape index (κ2) is 8.92. The minimum atomic E-state index is 0.260. The lowest BCUT2D eigenvalue weighted by Crippen LogP contribution is -2.45. The number of hydrogen-bond donors (Lipinski definition) is 2. The van der Waals surface area contributed by atoms with Crippen molar-refractivity contribution in [1.29, 1.82) is 0 Å². The number of piperidine rings is 1. The molecule has 2 aromatic rings. The van der Waals surface area contributed by atoms with Gasteiger partial charge in [0.25, 0.3) is 0 Å². The first-order valence-corrected chi connectivity index (χ1v) is 9.06. The Morgan fingerprint density at radius 2 is 1.81 bits per heavy atom. The van der Waals surface area contributed by atoms with Gasteiger partial charge >= 0.3 is 0 Å². The van der Waals surface area contributed by atoms with Crippen LogP contribution in [0.3, 0.4) is 0 Å². The van der Waals surface area contributed by atoms with Gasteiger partial charge in [-0.3, -0.25) is 0 Å². The molecule has 26 heavy (non-hydrogen) atoms. The molecule has 0 bridgehead atoms. The summed E-state index contributed by atoms with van der Waals surface area (Å²) in [7, 11) is 5.09. The van der Waals surface area contributed by atoms with Gasteiger partial charge in [0.1, 0.15) is 17.2 Å². The van der Waals surface area contributed by atoms with Gasteiger partial charge in [-0.1, -0.05) is 12.1 Å². The van der Waals surface area contributed by atoms with Crippen molar-refractivity contribution < 1.29 is 14.2 Å². The van der Waals surface area contributed by atoms with E-state index in [1.807, 2.05) is 30.3 Å². The molecule has 2 atom stereocenters. The third-order valence-electron chi connectivity index (χ3n) is 4.95. The molecular weight excluding hydrogens is 328 g/mol. The summed E-state index contributed by atoms with van der Waals surface area (Å²) >= 11 is 0. The molecule has 0 saturated carbocycles. The Morgan fingerprint density at radius 3 is 2.58 bits per heavy atom. The van der Waals surface area contributed by atoms with Crippen LogP contribution < -0.4 is 24.8 Å². The molecule has 0 aromatic heterocycles. The number of hydrogen-bond acceptors (Lipinski definition) is 5. The normalized spacial score (nSPS) is 19.8. The molecule has 140 valence electrons. The van der Waals surface area contributed by atoms with Gasteiger partial charge in [-0.2, -0.15) is 0 Å². The van der Waals surface area contributed by atoms with Crippen molar-refractivity contribution in [3.63, 3.8) is 0 Å². The van der Waals surface area contributed by atoms with Gasteiger partial charge in [0, 0.05) is 24.2 Å². The predicted octanol–water partition coefficient (Wildman–Crippen LogP) is 3.30. The van der Waals surface area contributed by atoms with Crippen LogP contribution in [0.1, 0.15) is 30.0 Å². The van der Waals surface area contributed by atoms with E-state index in [-0.39, 0.29) is 6.04 Å². The fourth-order valence-electron chi connectivity index (χ4n) is 3.55. The van der Waals surface area contributed by atoms with Crippen molar-refractivity contribution in [3.05, 3.63) is 53.6 Å². The molecule has 5 nitrogen and oxygen atoms in total. The smallest absolute Gasteiger partial charge is 0.123 e. The summed E-state index contributed by atoms with van der Waals surface area (Å²) in [5, 5.41) is 7.36. The van der Waals surface area contributed by atoms with E-state index < -0.39 is 0 Å². The minimum absolute atomic E-state index is 0.260. The van der Waals surface area contributed by atoms with Crippen molar-refractivity contribution in [2.75, 3.05) is 27.9 Å². The maximum absolute atomic E-state index is 5.50. The van der Waals surface area contributed by atoms with Gasteiger partial charge in [0.2, 0.25) is 0 Å². The van der Waals surface area contributed by atoms with Crippen LogP contribution in [0.4, 0.5) is 0 Å². The Morgan fingerprint density at radius 1 is 1.00 bits per heavy atom. The molecule has 0 spiro atoms. The number of methoxy groups -OCH3 is 3. The maximum atomic E-state index is 5.50. The molecule has 0 radical (unpaired) electrons. The third-order valence-corrected chi connectivity index (χ3v) is 4.95. The van der Waals surface area contributed by atoms with E-state index in [9.17, 15) is 0 Å². The topological polar surface area (TPSA) is 51.8 Å². The predicted molar refractivity (Wildman–Crippen MR) is 103 cm³/mol. The zero-order valence-corrected chi connectivity index (χ0v) is 15.7. The van der Waals surface area contributed by atoms with Gasteiger partial charge in [-0.25, -0.2) is 0 Å². The molecule has 1 fully saturated rings. The number of rotatable bonds is 7. The largest absolute Gasteiger partial charge is 0.497 e. The van der Waals surface area contributed by atoms with Gasteiger partial charge in [0.05, 0.1) is 21.3 Å². The van der Waals surface area contributed by atoms with Crippen LogP contribution in [0.5, 0.6) is 17.2 Å². The van der Waals surface area contributed by atoms with Crippen molar-refractivity contribution in [3.8, 4) is 17.2 Å². The Hall–Kier alpha value is -2.24. The molecule has 0 amide bonds. The molecule has 1 saturated heterocycles. The summed E-state index contributed by atoms with van der Waals surface area (Å²) in [4.78, 5) is 0. The molecule has 0 aliphatic carbocycles. The van der Waals surface area contributed by atoms with E-state index in [1.165, 1.54) is 5.56 Å². The molecule has 1 aliphatic heterocycles. The van der Waals surface area contributed by atoms with Crippen molar-refractivity contribution in [2.45, 2.75) is 31.5 Å². The van der Waals surface area contributed by atoms with Gasteiger partial charge in [0.15, 0.2) is 0 Å². The number of ether oxygens (including phenoxy) is 3. The van der Waals surface area contributed by atoms with Crippen LogP contribution >= 0.6 is 0 Å². The number of benzene rings is 2. The second-order valence-corrected chi connectivity index (χ2v) is 6.52. The summed E-state index contributed by atoms with van der Waals surface area (Å²) in [6.45, 7) is 1.76. The van der Waals surface area contributed by atoms with Crippen LogP contribution in [0, 0.1) is 0 Å². The van der Waals surface area contributed by atoms with Gasteiger partial charge in [-0.05, 0) is 55.3 Å². The van der Waals surface area contributed by atoms with Crippen LogP contribution in [0.15, 0.2) is 42.5 Å². The van der Waals surface area contributed by atoms with E-state index >= 15 is 0 Å². The average Bonchev–Trinajstić information content (AvgIpc) is 2.72. The minimum Gasteiger partial charge on any atom is -0.497 e. The summed E-state index contributed by atoms with van der Waals surface area (Å²) in [5.41, 5.74) is 2.35. The maximum Gasteiger partial charge on any atom is 0.123 e. The van der Waals surface area contributed by atoms with Crippen molar-refractivity contribution in [1.82, 2.24) is 10.6 Å². The van der Waals surface area contributed by atoms with Crippen molar-refractivity contribution >= 4 is 0 Å².